The van der Waals surface area contributed by atoms with Crippen LogP contribution in [-0.4, -0.2) is 41.1 Å². The number of sulfonamides is 1. The van der Waals surface area contributed by atoms with Crippen LogP contribution in [0.15, 0.2) is 23.1 Å². The molecule has 1 saturated heterocycles. The first-order valence-corrected chi connectivity index (χ1v) is 9.38. The zero-order chi connectivity index (χ0) is 16.9. The minimum absolute atomic E-state index is 0.0631. The van der Waals surface area contributed by atoms with Crippen LogP contribution in [0.1, 0.15) is 29.6 Å². The third kappa shape index (κ3) is 4.91. The van der Waals surface area contributed by atoms with Crippen LogP contribution in [-0.2, 0) is 14.8 Å². The van der Waals surface area contributed by atoms with Crippen LogP contribution < -0.4 is 10.0 Å². The molecular formula is C15H21ClN2O4S. The molecule has 0 radical (unpaired) electrons. The van der Waals surface area contributed by atoms with Crippen LogP contribution in [0.5, 0.6) is 0 Å². The summed E-state index contributed by atoms with van der Waals surface area (Å²) < 4.78 is 32.1. The summed E-state index contributed by atoms with van der Waals surface area (Å²) in [5, 5.41) is 3.57. The maximum atomic E-state index is 12.4. The van der Waals surface area contributed by atoms with E-state index in [2.05, 4.69) is 14.8 Å². The van der Waals surface area contributed by atoms with Crippen molar-refractivity contribution >= 4 is 27.6 Å². The Balaban J connectivity index is 2.08. The van der Waals surface area contributed by atoms with Gasteiger partial charge in [-0.25, -0.2) is 17.9 Å². The second kappa shape index (κ2) is 8.10. The van der Waals surface area contributed by atoms with Crippen LogP contribution in [0.25, 0.3) is 0 Å². The Morgan fingerprint density at radius 2 is 2.26 bits per heavy atom. The first-order valence-electron chi connectivity index (χ1n) is 7.52. The number of carbonyl (C=O) groups excluding carboxylic acids is 1. The van der Waals surface area contributed by atoms with E-state index in [9.17, 15) is 13.2 Å². The van der Waals surface area contributed by atoms with E-state index < -0.39 is 16.0 Å². The molecule has 1 unspecified atom stereocenters. The van der Waals surface area contributed by atoms with Gasteiger partial charge in [0.2, 0.25) is 10.0 Å². The molecule has 0 saturated carbocycles. The normalized spacial score (nSPS) is 18.6. The number of hydrogen-bond donors (Lipinski definition) is 2. The number of rotatable bonds is 6. The maximum absolute atomic E-state index is 12.4. The van der Waals surface area contributed by atoms with Gasteiger partial charge in [0, 0.05) is 11.6 Å². The number of piperidine rings is 1. The Morgan fingerprint density at radius 3 is 2.91 bits per heavy atom. The lowest BCUT2D eigenvalue weighted by Gasteiger charge is -2.22. The van der Waals surface area contributed by atoms with E-state index in [4.69, 9.17) is 11.6 Å². The lowest BCUT2D eigenvalue weighted by atomic mass is 9.96. The van der Waals surface area contributed by atoms with Gasteiger partial charge in [-0.3, -0.25) is 0 Å². The molecule has 1 heterocycles. The van der Waals surface area contributed by atoms with Gasteiger partial charge in [0.05, 0.1) is 17.6 Å². The average Bonchev–Trinajstić information content (AvgIpc) is 2.54. The average molecular weight is 361 g/mol. The summed E-state index contributed by atoms with van der Waals surface area (Å²) in [6.45, 7) is 2.27. The largest absolute Gasteiger partial charge is 0.465 e. The van der Waals surface area contributed by atoms with Crippen LogP contribution in [0, 0.1) is 5.92 Å². The Labute approximate surface area is 141 Å². The van der Waals surface area contributed by atoms with Gasteiger partial charge >= 0.3 is 5.97 Å². The number of halogens is 1. The van der Waals surface area contributed by atoms with Crippen molar-refractivity contribution in [2.75, 3.05) is 26.7 Å². The highest BCUT2D eigenvalue weighted by Crippen LogP contribution is 2.21. The van der Waals surface area contributed by atoms with Crippen molar-refractivity contribution in [2.45, 2.75) is 24.2 Å². The van der Waals surface area contributed by atoms with Crippen molar-refractivity contribution in [3.8, 4) is 0 Å². The van der Waals surface area contributed by atoms with Gasteiger partial charge < -0.3 is 10.1 Å². The molecular weight excluding hydrogens is 340 g/mol. The highest BCUT2D eigenvalue weighted by molar-refractivity contribution is 7.89. The molecule has 1 aromatic carbocycles. The number of carbonyl (C=O) groups is 1. The molecule has 0 bridgehead atoms. The lowest BCUT2D eigenvalue weighted by molar-refractivity contribution is 0.0596. The minimum atomic E-state index is -3.79. The molecule has 2 N–H and O–H groups in total. The van der Waals surface area contributed by atoms with Crippen LogP contribution >= 0.6 is 11.6 Å². The lowest BCUT2D eigenvalue weighted by Crippen LogP contribution is -2.33. The van der Waals surface area contributed by atoms with Crippen molar-refractivity contribution in [1.82, 2.24) is 10.0 Å². The van der Waals surface area contributed by atoms with Gasteiger partial charge in [-0.05, 0) is 56.5 Å². The van der Waals surface area contributed by atoms with Crippen molar-refractivity contribution in [2.24, 2.45) is 5.92 Å². The van der Waals surface area contributed by atoms with Crippen molar-refractivity contribution < 1.29 is 17.9 Å². The van der Waals surface area contributed by atoms with Gasteiger partial charge in [-0.1, -0.05) is 11.6 Å². The number of hydrogen-bond acceptors (Lipinski definition) is 5. The summed E-state index contributed by atoms with van der Waals surface area (Å²) in [6, 6.07) is 4.06. The van der Waals surface area contributed by atoms with Gasteiger partial charge in [0.15, 0.2) is 0 Å². The van der Waals surface area contributed by atoms with E-state index in [-0.39, 0.29) is 15.5 Å². The fraction of sp³-hybridized carbons (Fsp3) is 0.533. The summed E-state index contributed by atoms with van der Waals surface area (Å²) in [6.07, 6.45) is 2.97. The standard InChI is InChI=1S/C15H21ClN2O4S/c1-22-15(19)13-9-12(16)4-5-14(13)23(20,21)18-8-6-11-3-2-7-17-10-11/h4-5,9,11,17-18H,2-3,6-8,10H2,1H3. The van der Waals surface area contributed by atoms with Gasteiger partial charge in [0.25, 0.3) is 0 Å². The van der Waals surface area contributed by atoms with E-state index in [0.717, 1.165) is 32.4 Å². The molecule has 0 aliphatic carbocycles. The fourth-order valence-corrected chi connectivity index (χ4v) is 4.04. The van der Waals surface area contributed by atoms with Gasteiger partial charge in [0.1, 0.15) is 0 Å². The summed E-state index contributed by atoms with van der Waals surface area (Å²) in [4.78, 5) is 11.7. The summed E-state index contributed by atoms with van der Waals surface area (Å²) in [7, 11) is -2.60. The Morgan fingerprint density at radius 1 is 1.48 bits per heavy atom. The summed E-state index contributed by atoms with van der Waals surface area (Å²) in [5.74, 6) is -0.263. The third-order valence-electron chi connectivity index (χ3n) is 3.88. The fourth-order valence-electron chi connectivity index (χ4n) is 2.65. The first-order chi connectivity index (χ1) is 10.9. The Hall–Kier alpha value is -1.15. The maximum Gasteiger partial charge on any atom is 0.339 e. The van der Waals surface area contributed by atoms with Crippen LogP contribution in [0.2, 0.25) is 5.02 Å². The quantitative estimate of drug-likeness (QED) is 0.755. The van der Waals surface area contributed by atoms with E-state index >= 15 is 0 Å². The molecule has 1 aliphatic heterocycles. The summed E-state index contributed by atoms with van der Waals surface area (Å²) >= 11 is 5.84. The van der Waals surface area contributed by atoms with Crippen LogP contribution in [0.3, 0.4) is 0 Å². The van der Waals surface area contributed by atoms with E-state index in [1.165, 1.54) is 25.3 Å². The third-order valence-corrected chi connectivity index (χ3v) is 5.63. The molecule has 6 nitrogen and oxygen atoms in total. The molecule has 1 aromatic rings. The van der Waals surface area contributed by atoms with E-state index in [0.29, 0.717) is 12.5 Å². The highest BCUT2D eigenvalue weighted by Gasteiger charge is 2.23. The molecule has 128 valence electrons. The predicted molar refractivity (Wildman–Crippen MR) is 88.2 cm³/mol. The SMILES string of the molecule is COC(=O)c1cc(Cl)ccc1S(=O)(=O)NCCC1CCCNC1. The zero-order valence-electron chi connectivity index (χ0n) is 13.0. The molecule has 23 heavy (non-hydrogen) atoms. The molecule has 0 aromatic heterocycles. The predicted octanol–water partition coefficient (Wildman–Crippen LogP) is 1.79. The minimum Gasteiger partial charge on any atom is -0.465 e. The Bertz CT molecular complexity index is 657. The number of esters is 1. The number of methoxy groups -OCH3 is 1. The zero-order valence-corrected chi connectivity index (χ0v) is 14.5. The van der Waals surface area contributed by atoms with Crippen molar-refractivity contribution in [3.05, 3.63) is 28.8 Å². The molecule has 1 atom stereocenters. The second-order valence-electron chi connectivity index (χ2n) is 5.53. The molecule has 0 spiro atoms. The number of ether oxygens (including phenoxy) is 1. The van der Waals surface area contributed by atoms with Crippen LogP contribution in [0.4, 0.5) is 0 Å². The Kier molecular flexibility index (Phi) is 6.41. The second-order valence-corrected chi connectivity index (χ2v) is 7.70. The molecule has 1 aliphatic rings. The molecule has 2 rings (SSSR count). The topological polar surface area (TPSA) is 84.5 Å². The molecule has 1 fully saturated rings. The summed E-state index contributed by atoms with van der Waals surface area (Å²) in [5.41, 5.74) is -0.0631. The van der Waals surface area contributed by atoms with E-state index in [1.54, 1.807) is 0 Å². The monoisotopic (exact) mass is 360 g/mol. The first kappa shape index (κ1) is 18.2. The molecule has 8 heteroatoms. The van der Waals surface area contributed by atoms with Gasteiger partial charge in [-0.2, -0.15) is 0 Å². The van der Waals surface area contributed by atoms with Gasteiger partial charge in [-0.15, -0.1) is 0 Å². The van der Waals surface area contributed by atoms with Crippen molar-refractivity contribution in [1.29, 1.82) is 0 Å². The van der Waals surface area contributed by atoms with E-state index in [1.807, 2.05) is 0 Å². The smallest absolute Gasteiger partial charge is 0.339 e. The number of nitrogens with one attached hydrogen (secondary N) is 2. The highest BCUT2D eigenvalue weighted by atomic mass is 35.5. The molecule has 0 amide bonds. The number of benzene rings is 1. The van der Waals surface area contributed by atoms with Crippen molar-refractivity contribution in [3.63, 3.8) is 0 Å².